The molecule has 1 rings (SSSR count). The first kappa shape index (κ1) is 16.8. The lowest BCUT2D eigenvalue weighted by molar-refractivity contribution is -0.127. The fourth-order valence-electron chi connectivity index (χ4n) is 1.57. The largest absolute Gasteiger partial charge is 0.444 e. The van der Waals surface area contributed by atoms with Crippen LogP contribution in [0.3, 0.4) is 0 Å². The summed E-state index contributed by atoms with van der Waals surface area (Å²) < 4.78 is 5.18. The molecular weight excluding hydrogens is 270 g/mol. The quantitative estimate of drug-likeness (QED) is 0.870. The topological polar surface area (TPSA) is 61.9 Å². The summed E-state index contributed by atoms with van der Waals surface area (Å²) in [5, 5.41) is 5.87. The van der Waals surface area contributed by atoms with Gasteiger partial charge >= 0.3 is 6.09 Å². The second-order valence-corrected chi connectivity index (χ2v) is 5.74. The van der Waals surface area contributed by atoms with Crippen LogP contribution in [0.4, 0.5) is 16.2 Å². The number of nitrogens with zero attached hydrogens (tertiary/aromatic N) is 2. The zero-order valence-corrected chi connectivity index (χ0v) is 13.4. The van der Waals surface area contributed by atoms with Crippen molar-refractivity contribution in [2.24, 2.45) is 0 Å². The lowest BCUT2D eigenvalue weighted by atomic mass is 10.2. The molecule has 0 bridgehead atoms. The maximum absolute atomic E-state index is 11.6. The van der Waals surface area contributed by atoms with E-state index in [1.807, 2.05) is 32.9 Å². The SMILES string of the molecule is CC(=O)N(C)N(C)c1ccc(NC(=O)OC(C)(C)C)cc1. The van der Waals surface area contributed by atoms with E-state index in [1.165, 1.54) is 11.9 Å². The molecule has 0 aliphatic carbocycles. The van der Waals surface area contributed by atoms with Gasteiger partial charge in [0.15, 0.2) is 0 Å². The van der Waals surface area contributed by atoms with Gasteiger partial charge in [0.25, 0.3) is 0 Å². The van der Waals surface area contributed by atoms with Crippen molar-refractivity contribution in [1.82, 2.24) is 5.01 Å². The third kappa shape index (κ3) is 5.33. The van der Waals surface area contributed by atoms with Gasteiger partial charge in [0, 0.05) is 26.7 Å². The molecule has 0 atom stereocenters. The first-order valence-corrected chi connectivity index (χ1v) is 6.68. The summed E-state index contributed by atoms with van der Waals surface area (Å²) in [7, 11) is 3.48. The summed E-state index contributed by atoms with van der Waals surface area (Å²) >= 11 is 0. The van der Waals surface area contributed by atoms with Crippen molar-refractivity contribution in [2.75, 3.05) is 24.4 Å². The van der Waals surface area contributed by atoms with E-state index in [0.29, 0.717) is 5.69 Å². The molecule has 0 saturated carbocycles. The van der Waals surface area contributed by atoms with Crippen LogP contribution >= 0.6 is 0 Å². The lowest BCUT2D eigenvalue weighted by Gasteiger charge is -2.29. The number of carbonyl (C=O) groups is 2. The Morgan fingerprint density at radius 1 is 1.10 bits per heavy atom. The van der Waals surface area contributed by atoms with Gasteiger partial charge in [-0.05, 0) is 45.0 Å². The van der Waals surface area contributed by atoms with Crippen LogP contribution in [-0.2, 0) is 9.53 Å². The van der Waals surface area contributed by atoms with Crippen molar-refractivity contribution in [3.63, 3.8) is 0 Å². The van der Waals surface area contributed by atoms with Crippen molar-refractivity contribution >= 4 is 23.4 Å². The first-order chi connectivity index (χ1) is 9.60. The van der Waals surface area contributed by atoms with Gasteiger partial charge in [-0.3, -0.25) is 20.1 Å². The number of hydrazine groups is 1. The van der Waals surface area contributed by atoms with Crippen molar-refractivity contribution in [3.05, 3.63) is 24.3 Å². The molecule has 1 aromatic carbocycles. The average Bonchev–Trinajstić information content (AvgIpc) is 2.35. The molecule has 0 radical (unpaired) electrons. The van der Waals surface area contributed by atoms with Gasteiger partial charge in [0.2, 0.25) is 5.91 Å². The van der Waals surface area contributed by atoms with Gasteiger partial charge in [-0.1, -0.05) is 0 Å². The van der Waals surface area contributed by atoms with Gasteiger partial charge in [-0.25, -0.2) is 4.79 Å². The van der Waals surface area contributed by atoms with E-state index in [1.54, 1.807) is 31.2 Å². The number of anilines is 2. The summed E-state index contributed by atoms with van der Waals surface area (Å²) in [4.78, 5) is 23.0. The number of ether oxygens (including phenoxy) is 1. The number of carbonyl (C=O) groups excluding carboxylic acids is 2. The van der Waals surface area contributed by atoms with Gasteiger partial charge in [-0.15, -0.1) is 0 Å². The van der Waals surface area contributed by atoms with Crippen LogP contribution in [0.5, 0.6) is 0 Å². The second-order valence-electron chi connectivity index (χ2n) is 5.74. The smallest absolute Gasteiger partial charge is 0.412 e. The van der Waals surface area contributed by atoms with Crippen LogP contribution in [0.1, 0.15) is 27.7 Å². The molecule has 1 N–H and O–H groups in total. The third-order valence-electron chi connectivity index (χ3n) is 2.79. The Kier molecular flexibility index (Phi) is 5.18. The summed E-state index contributed by atoms with van der Waals surface area (Å²) in [5.74, 6) is -0.0616. The summed E-state index contributed by atoms with van der Waals surface area (Å²) in [6.07, 6.45) is -0.496. The predicted molar refractivity (Wildman–Crippen MR) is 83.1 cm³/mol. The minimum atomic E-state index is -0.533. The Labute approximate surface area is 125 Å². The number of hydrogen-bond acceptors (Lipinski definition) is 4. The second kappa shape index (κ2) is 6.47. The Bertz CT molecular complexity index is 506. The Morgan fingerprint density at radius 2 is 1.62 bits per heavy atom. The van der Waals surface area contributed by atoms with E-state index in [0.717, 1.165) is 5.69 Å². The number of benzene rings is 1. The highest BCUT2D eigenvalue weighted by Gasteiger charge is 2.16. The molecule has 1 aromatic rings. The maximum Gasteiger partial charge on any atom is 0.412 e. The fourth-order valence-corrected chi connectivity index (χ4v) is 1.57. The molecule has 0 aliphatic rings. The molecule has 2 amide bonds. The molecule has 0 spiro atoms. The van der Waals surface area contributed by atoms with Crippen molar-refractivity contribution in [1.29, 1.82) is 0 Å². The fraction of sp³-hybridized carbons (Fsp3) is 0.467. The molecule has 0 aliphatic heterocycles. The summed E-state index contributed by atoms with van der Waals surface area (Å²) in [6.45, 7) is 6.92. The van der Waals surface area contributed by atoms with E-state index in [2.05, 4.69) is 5.32 Å². The number of rotatable bonds is 3. The molecule has 0 saturated heterocycles. The molecule has 0 aromatic heterocycles. The van der Waals surface area contributed by atoms with Crippen LogP contribution in [0, 0.1) is 0 Å². The van der Waals surface area contributed by atoms with Gasteiger partial charge in [-0.2, -0.15) is 0 Å². The molecular formula is C15H23N3O3. The maximum atomic E-state index is 11.6. The van der Waals surface area contributed by atoms with E-state index < -0.39 is 11.7 Å². The van der Waals surface area contributed by atoms with Crippen molar-refractivity contribution in [3.8, 4) is 0 Å². The Balaban J connectivity index is 2.70. The van der Waals surface area contributed by atoms with Gasteiger partial charge < -0.3 is 4.74 Å². The normalized spacial score (nSPS) is 10.8. The summed E-state index contributed by atoms with van der Waals surface area (Å²) in [5.41, 5.74) is 0.934. The molecule has 21 heavy (non-hydrogen) atoms. The third-order valence-corrected chi connectivity index (χ3v) is 2.79. The predicted octanol–water partition coefficient (Wildman–Crippen LogP) is 2.86. The van der Waals surface area contributed by atoms with E-state index >= 15 is 0 Å². The molecule has 0 fully saturated rings. The molecule has 0 heterocycles. The minimum absolute atomic E-state index is 0.0616. The van der Waals surface area contributed by atoms with Crippen molar-refractivity contribution < 1.29 is 14.3 Å². The van der Waals surface area contributed by atoms with E-state index in [9.17, 15) is 9.59 Å². The van der Waals surface area contributed by atoms with Gasteiger partial charge in [0.1, 0.15) is 5.60 Å². The summed E-state index contributed by atoms with van der Waals surface area (Å²) in [6, 6.07) is 7.13. The zero-order chi connectivity index (χ0) is 16.2. The zero-order valence-electron chi connectivity index (χ0n) is 13.4. The first-order valence-electron chi connectivity index (χ1n) is 6.68. The molecule has 116 valence electrons. The number of nitrogens with one attached hydrogen (secondary N) is 1. The van der Waals surface area contributed by atoms with Crippen LogP contribution in [-0.4, -0.2) is 36.7 Å². The highest BCUT2D eigenvalue weighted by atomic mass is 16.6. The highest BCUT2D eigenvalue weighted by molar-refractivity contribution is 5.85. The van der Waals surface area contributed by atoms with Crippen LogP contribution in [0.15, 0.2) is 24.3 Å². The Morgan fingerprint density at radius 3 is 2.05 bits per heavy atom. The van der Waals surface area contributed by atoms with Gasteiger partial charge in [0.05, 0.1) is 5.69 Å². The highest BCUT2D eigenvalue weighted by Crippen LogP contribution is 2.18. The number of hydrogen-bond donors (Lipinski definition) is 1. The molecule has 0 unspecified atom stereocenters. The minimum Gasteiger partial charge on any atom is -0.444 e. The molecule has 6 nitrogen and oxygen atoms in total. The lowest BCUT2D eigenvalue weighted by Crippen LogP contribution is -2.39. The number of amides is 2. The van der Waals surface area contributed by atoms with Crippen LogP contribution < -0.4 is 10.3 Å². The standard InChI is InChI=1S/C15H23N3O3/c1-11(19)17(5)18(6)13-9-7-12(8-10-13)16-14(20)21-15(2,3)4/h7-10H,1-6H3,(H,16,20). The van der Waals surface area contributed by atoms with E-state index in [4.69, 9.17) is 4.74 Å². The molecule has 6 heteroatoms. The Hall–Kier alpha value is -2.24. The average molecular weight is 293 g/mol. The van der Waals surface area contributed by atoms with Crippen molar-refractivity contribution in [2.45, 2.75) is 33.3 Å². The van der Waals surface area contributed by atoms with Crippen LogP contribution in [0.2, 0.25) is 0 Å². The monoisotopic (exact) mass is 293 g/mol. The van der Waals surface area contributed by atoms with Crippen LogP contribution in [0.25, 0.3) is 0 Å². The van der Waals surface area contributed by atoms with E-state index in [-0.39, 0.29) is 5.91 Å².